The van der Waals surface area contributed by atoms with Gasteiger partial charge in [0.2, 0.25) is 5.91 Å². The van der Waals surface area contributed by atoms with Crippen molar-refractivity contribution in [2.75, 3.05) is 13.7 Å². The molecule has 2 amide bonds. The van der Waals surface area contributed by atoms with E-state index in [1.54, 1.807) is 17.9 Å². The first-order valence-corrected chi connectivity index (χ1v) is 7.75. The van der Waals surface area contributed by atoms with E-state index in [4.69, 9.17) is 4.74 Å². The van der Waals surface area contributed by atoms with Crippen LogP contribution in [-0.2, 0) is 17.9 Å². The topological polar surface area (TPSA) is 85.2 Å². The second kappa shape index (κ2) is 8.14. The number of hydrogen-bond donors (Lipinski definition) is 2. The molecule has 2 N–H and O–H groups in total. The first kappa shape index (κ1) is 17.5. The van der Waals surface area contributed by atoms with Crippen molar-refractivity contribution in [3.05, 3.63) is 47.3 Å². The molecule has 1 aromatic heterocycles. The van der Waals surface area contributed by atoms with E-state index in [9.17, 15) is 9.59 Å². The maximum absolute atomic E-state index is 12.1. The number of aryl methyl sites for hydroxylation is 2. The van der Waals surface area contributed by atoms with Crippen LogP contribution >= 0.6 is 0 Å². The molecular formula is C17H22N4O3. The van der Waals surface area contributed by atoms with Crippen molar-refractivity contribution in [2.45, 2.75) is 26.9 Å². The maximum Gasteiger partial charge on any atom is 0.269 e. The van der Waals surface area contributed by atoms with Gasteiger partial charge in [0.05, 0.1) is 19.3 Å². The highest BCUT2D eigenvalue weighted by molar-refractivity contribution is 5.95. The Morgan fingerprint density at radius 1 is 1.21 bits per heavy atom. The van der Waals surface area contributed by atoms with Gasteiger partial charge in [-0.2, -0.15) is 5.10 Å². The van der Waals surface area contributed by atoms with Crippen molar-refractivity contribution in [1.82, 2.24) is 20.4 Å². The van der Waals surface area contributed by atoms with Crippen molar-refractivity contribution < 1.29 is 14.3 Å². The van der Waals surface area contributed by atoms with Gasteiger partial charge in [-0.1, -0.05) is 12.1 Å². The number of nitrogens with one attached hydrogen (secondary N) is 2. The lowest BCUT2D eigenvalue weighted by Crippen LogP contribution is -2.37. The molecule has 24 heavy (non-hydrogen) atoms. The summed E-state index contributed by atoms with van der Waals surface area (Å²) < 4.78 is 6.69. The molecule has 2 rings (SSSR count). The van der Waals surface area contributed by atoms with E-state index >= 15 is 0 Å². The molecule has 0 saturated carbocycles. The summed E-state index contributed by atoms with van der Waals surface area (Å²) >= 11 is 0. The van der Waals surface area contributed by atoms with Crippen molar-refractivity contribution in [3.8, 4) is 5.75 Å². The van der Waals surface area contributed by atoms with Gasteiger partial charge < -0.3 is 15.4 Å². The Kier molecular flexibility index (Phi) is 5.95. The van der Waals surface area contributed by atoms with Gasteiger partial charge in [0, 0.05) is 13.1 Å². The molecule has 0 bridgehead atoms. The zero-order valence-electron chi connectivity index (χ0n) is 14.1. The molecule has 128 valence electrons. The first-order valence-electron chi connectivity index (χ1n) is 7.75. The van der Waals surface area contributed by atoms with Crippen molar-refractivity contribution in [3.63, 3.8) is 0 Å². The molecule has 0 atom stereocenters. The lowest BCUT2D eigenvalue weighted by molar-refractivity contribution is -0.120. The van der Waals surface area contributed by atoms with Crippen LogP contribution in [0.3, 0.4) is 0 Å². The monoisotopic (exact) mass is 330 g/mol. The minimum atomic E-state index is -0.308. The summed E-state index contributed by atoms with van der Waals surface area (Å²) in [5.74, 6) is 0.204. The van der Waals surface area contributed by atoms with Gasteiger partial charge in [-0.15, -0.1) is 0 Å². The van der Waals surface area contributed by atoms with Gasteiger partial charge in [-0.25, -0.2) is 0 Å². The van der Waals surface area contributed by atoms with Gasteiger partial charge in [0.15, 0.2) is 0 Å². The van der Waals surface area contributed by atoms with Crippen LogP contribution < -0.4 is 15.4 Å². The van der Waals surface area contributed by atoms with Crippen LogP contribution in [0.25, 0.3) is 0 Å². The van der Waals surface area contributed by atoms with E-state index in [2.05, 4.69) is 15.7 Å². The number of carbonyl (C=O) groups excluding carboxylic acids is 2. The summed E-state index contributed by atoms with van der Waals surface area (Å²) in [6.45, 7) is 4.64. The third-order valence-electron chi connectivity index (χ3n) is 3.49. The fraction of sp³-hybridized carbons (Fsp3) is 0.353. The number of nitrogens with zero attached hydrogens (tertiary/aromatic N) is 2. The smallest absolute Gasteiger partial charge is 0.269 e. The molecule has 0 aliphatic rings. The summed E-state index contributed by atoms with van der Waals surface area (Å²) in [5, 5.41) is 9.58. The summed E-state index contributed by atoms with van der Waals surface area (Å²) in [5.41, 5.74) is 2.18. The lowest BCUT2D eigenvalue weighted by Gasteiger charge is -2.08. The van der Waals surface area contributed by atoms with Crippen LogP contribution in [0, 0.1) is 6.92 Å². The zero-order valence-corrected chi connectivity index (χ0v) is 14.1. The quantitative estimate of drug-likeness (QED) is 0.800. The molecule has 0 aliphatic heterocycles. The molecule has 1 aromatic carbocycles. The first-order chi connectivity index (χ1) is 11.5. The van der Waals surface area contributed by atoms with Crippen LogP contribution in [-0.4, -0.2) is 35.2 Å². The highest BCUT2D eigenvalue weighted by Gasteiger charge is 2.13. The van der Waals surface area contributed by atoms with Crippen molar-refractivity contribution in [2.24, 2.45) is 0 Å². The number of ether oxygens (including phenoxy) is 1. The fourth-order valence-electron chi connectivity index (χ4n) is 2.23. The molecule has 0 radical (unpaired) electrons. The third kappa shape index (κ3) is 4.58. The van der Waals surface area contributed by atoms with Gasteiger partial charge in [0.25, 0.3) is 5.91 Å². The van der Waals surface area contributed by atoms with Gasteiger partial charge in [0.1, 0.15) is 11.4 Å². The molecule has 0 saturated heterocycles. The van der Waals surface area contributed by atoms with E-state index in [1.165, 1.54) is 0 Å². The number of amides is 2. The Labute approximate surface area is 141 Å². The average molecular weight is 330 g/mol. The predicted octanol–water partition coefficient (Wildman–Crippen LogP) is 1.27. The average Bonchev–Trinajstić information content (AvgIpc) is 2.99. The zero-order chi connectivity index (χ0) is 17.5. The van der Waals surface area contributed by atoms with Crippen LogP contribution in [0.1, 0.15) is 28.7 Å². The summed E-state index contributed by atoms with van der Waals surface area (Å²) in [6.07, 6.45) is 0. The summed E-state index contributed by atoms with van der Waals surface area (Å²) in [4.78, 5) is 24.0. The molecule has 2 aromatic rings. The normalized spacial score (nSPS) is 10.3. The molecule has 1 heterocycles. The number of hydrogen-bond acceptors (Lipinski definition) is 4. The minimum absolute atomic E-state index is 0.0804. The highest BCUT2D eigenvalue weighted by Crippen LogP contribution is 2.10. The van der Waals surface area contributed by atoms with Crippen LogP contribution in [0.5, 0.6) is 5.75 Å². The Hall–Kier alpha value is -2.83. The van der Waals surface area contributed by atoms with E-state index in [0.29, 0.717) is 18.8 Å². The van der Waals surface area contributed by atoms with Gasteiger partial charge >= 0.3 is 0 Å². The Morgan fingerprint density at radius 2 is 1.92 bits per heavy atom. The van der Waals surface area contributed by atoms with E-state index in [0.717, 1.165) is 17.0 Å². The minimum Gasteiger partial charge on any atom is -0.497 e. The van der Waals surface area contributed by atoms with E-state index in [-0.39, 0.29) is 18.4 Å². The summed E-state index contributed by atoms with van der Waals surface area (Å²) in [7, 11) is 1.60. The van der Waals surface area contributed by atoms with Crippen molar-refractivity contribution in [1.29, 1.82) is 0 Å². The van der Waals surface area contributed by atoms with E-state index < -0.39 is 0 Å². The van der Waals surface area contributed by atoms with Gasteiger partial charge in [-0.05, 0) is 37.6 Å². The molecule has 0 aliphatic carbocycles. The molecule has 0 fully saturated rings. The number of rotatable bonds is 7. The molecule has 0 unspecified atom stereocenters. The van der Waals surface area contributed by atoms with Crippen LogP contribution in [0.15, 0.2) is 30.3 Å². The molecule has 0 spiro atoms. The third-order valence-corrected chi connectivity index (χ3v) is 3.49. The highest BCUT2D eigenvalue weighted by atomic mass is 16.5. The van der Waals surface area contributed by atoms with Crippen molar-refractivity contribution >= 4 is 11.8 Å². The predicted molar refractivity (Wildman–Crippen MR) is 89.8 cm³/mol. The Bertz CT molecular complexity index is 707. The number of aromatic nitrogens is 2. The second-order valence-corrected chi connectivity index (χ2v) is 5.29. The fourth-order valence-corrected chi connectivity index (χ4v) is 2.23. The summed E-state index contributed by atoms with van der Waals surface area (Å²) in [6, 6.07) is 9.11. The lowest BCUT2D eigenvalue weighted by atomic mass is 10.2. The molecule has 7 heteroatoms. The SMILES string of the molecule is CCn1nc(C)cc1C(=O)NCC(=O)NCc1ccc(OC)cc1. The number of carbonyl (C=O) groups is 2. The standard InChI is InChI=1S/C17H22N4O3/c1-4-21-15(9-12(2)20-21)17(23)19-11-16(22)18-10-13-5-7-14(24-3)8-6-13/h5-9H,4,10-11H2,1-3H3,(H,18,22)(H,19,23). The Balaban J connectivity index is 1.80. The van der Waals surface area contributed by atoms with E-state index in [1.807, 2.05) is 38.1 Å². The Morgan fingerprint density at radius 3 is 2.54 bits per heavy atom. The van der Waals surface area contributed by atoms with Crippen LogP contribution in [0.4, 0.5) is 0 Å². The maximum atomic E-state index is 12.1. The number of benzene rings is 1. The molecular weight excluding hydrogens is 308 g/mol. The van der Waals surface area contributed by atoms with Gasteiger partial charge in [-0.3, -0.25) is 14.3 Å². The largest absolute Gasteiger partial charge is 0.497 e. The van der Waals surface area contributed by atoms with Crippen LogP contribution in [0.2, 0.25) is 0 Å². The second-order valence-electron chi connectivity index (χ2n) is 5.29. The molecule has 7 nitrogen and oxygen atoms in total. The number of methoxy groups -OCH3 is 1.